The van der Waals surface area contributed by atoms with Gasteiger partial charge in [0.1, 0.15) is 0 Å². The molecule has 6 N–H and O–H groups in total. The minimum absolute atomic E-state index is 0.186. The van der Waals surface area contributed by atoms with Crippen LogP contribution in [-0.2, 0) is 4.57 Å². The number of nitrogens with zero attached hydrogens (tertiary/aromatic N) is 11. The van der Waals surface area contributed by atoms with E-state index in [1.165, 1.54) is 265 Å². The van der Waals surface area contributed by atoms with Gasteiger partial charge in [-0.3, -0.25) is 9.80 Å². The van der Waals surface area contributed by atoms with Gasteiger partial charge < -0.3 is 61.0 Å². The predicted octanol–water partition coefficient (Wildman–Crippen LogP) is 7.85. The van der Waals surface area contributed by atoms with E-state index in [1.807, 2.05) is 0 Å². The van der Waals surface area contributed by atoms with E-state index < -0.39 is 7.14 Å². The second-order valence-corrected chi connectivity index (χ2v) is 31.6. The van der Waals surface area contributed by atoms with Gasteiger partial charge in [-0.05, 0) is 105 Å². The molecule has 490 valence electrons. The van der Waals surface area contributed by atoms with Crippen LogP contribution in [0.1, 0.15) is 182 Å². The summed E-state index contributed by atoms with van der Waals surface area (Å²) in [4.78, 5) is 23.5. The lowest BCUT2D eigenvalue weighted by molar-refractivity contribution is -0.0189. The first kappa shape index (κ1) is 73.4. The van der Waals surface area contributed by atoms with Gasteiger partial charge in [0.25, 0.3) is 0 Å². The lowest BCUT2D eigenvalue weighted by Gasteiger charge is -2.42. The summed E-state index contributed by atoms with van der Waals surface area (Å²) in [5.41, 5.74) is 12.3. The fourth-order valence-electron chi connectivity index (χ4n) is 13.7. The lowest BCUT2D eigenvalue weighted by atomic mass is 10.1. The molecule has 16 nitrogen and oxygen atoms in total. The van der Waals surface area contributed by atoms with Gasteiger partial charge in [-0.2, -0.15) is 0 Å². The Kier molecular flexibility index (Phi) is 38.3. The average molecular weight is 1190 g/mol. The number of unbranched alkanes of at least 4 members (excludes halogenated alkanes) is 21. The Balaban J connectivity index is 0.870. The quantitative estimate of drug-likeness (QED) is 0.0349. The number of nitrogens with one attached hydrogen (secondary N) is 2. The van der Waals surface area contributed by atoms with Crippen molar-refractivity contribution in [2.24, 2.45) is 11.5 Å². The van der Waals surface area contributed by atoms with Gasteiger partial charge in [-0.15, -0.1) is 0 Å². The topological polar surface area (TPSA) is 129 Å². The number of rotatable bonds is 48. The van der Waals surface area contributed by atoms with Crippen molar-refractivity contribution >= 4 is 7.14 Å². The molecule has 5 saturated heterocycles. The van der Waals surface area contributed by atoms with Crippen molar-refractivity contribution < 1.29 is 4.57 Å². The van der Waals surface area contributed by atoms with Gasteiger partial charge in [-0.1, -0.05) is 116 Å². The number of hydrogen-bond donors (Lipinski definition) is 4. The molecule has 0 amide bonds. The molecule has 0 saturated carbocycles. The van der Waals surface area contributed by atoms with E-state index in [9.17, 15) is 4.57 Å². The molecule has 0 spiro atoms. The van der Waals surface area contributed by atoms with Crippen LogP contribution in [-0.4, -0.2) is 301 Å². The van der Waals surface area contributed by atoms with E-state index >= 15 is 0 Å². The maximum absolute atomic E-state index is 14.9. The SMILES string of the molecule is CN(C)N1CCN(CCCCCCCCCCNCCNCCP(=O)(CCN2CCN(CCCCCCCCCCN3CCN(C(C)(C)N)CC3)CC2)CCN2CCN(CCCCCCCCCCN3CCN(C(C)(C)N)CC3)CC2)CC1. The summed E-state index contributed by atoms with van der Waals surface area (Å²) in [5.74, 6) is 0. The van der Waals surface area contributed by atoms with Gasteiger partial charge in [-0.25, -0.2) is 10.0 Å². The van der Waals surface area contributed by atoms with Gasteiger partial charge in [0.15, 0.2) is 0 Å². The van der Waals surface area contributed by atoms with E-state index in [0.29, 0.717) is 0 Å². The van der Waals surface area contributed by atoms with Crippen LogP contribution in [0.3, 0.4) is 0 Å². The zero-order valence-electron chi connectivity index (χ0n) is 55.9. The largest absolute Gasteiger partial charge is 0.323 e. The standard InChI is InChI=1S/C66H140N15OP/c1-65(2,67)79-54-48-74(49-55-79)37-28-22-17-11-9-15-20-26-35-72-40-44-77(45-41-72)60-63-83(82,62-34-70-33-32-69-31-25-19-13-7-8-14-24-30-39-76-52-58-81(59-53-76)71(5)6)64-61-78-46-42-73(43-47-78)36-27-21-16-10-12-18-23-29-38-75-50-56-80(57-51-75)66(3,4)68/h69-70H,7-64,67-68H2,1-6H3. The molecule has 0 aliphatic carbocycles. The van der Waals surface area contributed by atoms with E-state index in [1.54, 1.807) is 0 Å². The van der Waals surface area contributed by atoms with Gasteiger partial charge >= 0.3 is 0 Å². The first-order valence-electron chi connectivity index (χ1n) is 35.7. The molecule has 0 aromatic heterocycles. The third-order valence-electron chi connectivity index (χ3n) is 20.0. The molecule has 0 radical (unpaired) electrons. The molecular formula is C66H140N15OP. The van der Waals surface area contributed by atoms with Crippen molar-refractivity contribution in [3.63, 3.8) is 0 Å². The smallest absolute Gasteiger partial charge is 0.0914 e. The van der Waals surface area contributed by atoms with Crippen molar-refractivity contribution in [3.8, 4) is 0 Å². The van der Waals surface area contributed by atoms with Crippen molar-refractivity contribution in [2.75, 3.05) is 235 Å². The number of hydrazine groups is 1. The molecule has 5 rings (SSSR count). The molecule has 0 atom stereocenters. The first-order valence-corrected chi connectivity index (χ1v) is 38.0. The summed E-state index contributed by atoms with van der Waals surface area (Å²) in [6.45, 7) is 43.9. The van der Waals surface area contributed by atoms with Crippen LogP contribution in [0.25, 0.3) is 0 Å². The Morgan fingerprint density at radius 1 is 0.313 bits per heavy atom. The zero-order chi connectivity index (χ0) is 59.3. The maximum atomic E-state index is 14.9. The molecule has 83 heavy (non-hydrogen) atoms. The highest BCUT2D eigenvalue weighted by atomic mass is 31.2. The van der Waals surface area contributed by atoms with Crippen LogP contribution in [0.15, 0.2) is 0 Å². The van der Waals surface area contributed by atoms with Crippen LogP contribution in [0, 0.1) is 0 Å². The van der Waals surface area contributed by atoms with E-state index in [0.717, 1.165) is 110 Å². The second-order valence-electron chi connectivity index (χ2n) is 28.2. The van der Waals surface area contributed by atoms with E-state index in [-0.39, 0.29) is 11.3 Å². The number of nitrogens with two attached hydrogens (primary N) is 2. The molecule has 5 fully saturated rings. The van der Waals surface area contributed by atoms with Crippen LogP contribution >= 0.6 is 7.14 Å². The normalized spacial score (nSPS) is 20.4. The highest BCUT2D eigenvalue weighted by Gasteiger charge is 2.29. The Bertz CT molecular complexity index is 1500. The lowest BCUT2D eigenvalue weighted by Crippen LogP contribution is -2.58. The van der Waals surface area contributed by atoms with Crippen molar-refractivity contribution in [3.05, 3.63) is 0 Å². The fourth-order valence-corrected chi connectivity index (χ4v) is 16.3. The highest BCUT2D eigenvalue weighted by Crippen LogP contribution is 2.45. The minimum Gasteiger partial charge on any atom is -0.323 e. The third kappa shape index (κ3) is 33.9. The van der Waals surface area contributed by atoms with Crippen molar-refractivity contribution in [2.45, 2.75) is 193 Å². The van der Waals surface area contributed by atoms with Gasteiger partial charge in [0.05, 0.1) is 18.5 Å². The monoisotopic (exact) mass is 1190 g/mol. The Hall–Kier alpha value is -0.370. The summed E-state index contributed by atoms with van der Waals surface area (Å²) in [6.07, 6.45) is 35.6. The molecular weight excluding hydrogens is 1050 g/mol. The van der Waals surface area contributed by atoms with Crippen LogP contribution in [0.2, 0.25) is 0 Å². The van der Waals surface area contributed by atoms with Crippen molar-refractivity contribution in [1.29, 1.82) is 0 Å². The highest BCUT2D eigenvalue weighted by molar-refractivity contribution is 7.64. The van der Waals surface area contributed by atoms with Gasteiger partial charge in [0.2, 0.25) is 0 Å². The predicted molar refractivity (Wildman–Crippen MR) is 359 cm³/mol. The average Bonchev–Trinajstić information content (AvgIpc) is 3.50. The van der Waals surface area contributed by atoms with E-state index in [4.69, 9.17) is 11.5 Å². The molecule has 17 heteroatoms. The Morgan fingerprint density at radius 3 is 0.843 bits per heavy atom. The fraction of sp³-hybridized carbons (Fsp3) is 1.00. The molecule has 0 aromatic carbocycles. The summed E-state index contributed by atoms with van der Waals surface area (Å²) < 4.78 is 14.9. The summed E-state index contributed by atoms with van der Waals surface area (Å²) in [6, 6.07) is 0. The molecule has 0 bridgehead atoms. The maximum Gasteiger partial charge on any atom is 0.0914 e. The zero-order valence-corrected chi connectivity index (χ0v) is 56.8. The summed E-state index contributed by atoms with van der Waals surface area (Å²) in [5, 5.41) is 12.1. The summed E-state index contributed by atoms with van der Waals surface area (Å²) in [7, 11) is 2.03. The first-order chi connectivity index (χ1) is 40.1. The molecule has 0 unspecified atom stereocenters. The number of hydrogen-bond acceptors (Lipinski definition) is 16. The second kappa shape index (κ2) is 43.4. The van der Waals surface area contributed by atoms with Crippen LogP contribution in [0.4, 0.5) is 0 Å². The minimum atomic E-state index is -2.30. The molecule has 5 aliphatic heterocycles. The third-order valence-corrected chi connectivity index (χ3v) is 23.1. The number of piperazine rings is 5. The molecule has 5 heterocycles. The Labute approximate surface area is 514 Å². The van der Waals surface area contributed by atoms with Crippen LogP contribution < -0.4 is 22.1 Å². The molecule has 5 aliphatic rings. The Morgan fingerprint density at radius 2 is 0.554 bits per heavy atom. The van der Waals surface area contributed by atoms with Crippen LogP contribution in [0.5, 0.6) is 0 Å². The molecule has 0 aromatic rings. The van der Waals surface area contributed by atoms with E-state index in [2.05, 4.69) is 107 Å². The van der Waals surface area contributed by atoms with Gasteiger partial charge in [0, 0.05) is 196 Å². The van der Waals surface area contributed by atoms with Crippen molar-refractivity contribution in [1.82, 2.24) is 64.8 Å². The summed E-state index contributed by atoms with van der Waals surface area (Å²) >= 11 is 0.